The van der Waals surface area contributed by atoms with Gasteiger partial charge in [-0.25, -0.2) is 0 Å². The standard InChI is InChI=1S/C16H18ClN3O/c1-20(10-12-2-4-13(17)5-3-12)11-16(21)19-15-8-6-14(18)7-9-15/h2-9H,10-11,18H2,1H3,(H,19,21). The Kier molecular flexibility index (Phi) is 5.20. The molecule has 1 amide bonds. The number of likely N-dealkylation sites (N-methyl/N-ethyl adjacent to an activating group) is 1. The number of carbonyl (C=O) groups excluding carboxylic acids is 1. The SMILES string of the molecule is CN(CC(=O)Nc1ccc(N)cc1)Cc1ccc(Cl)cc1. The van der Waals surface area contributed by atoms with Gasteiger partial charge in [-0.05, 0) is 49.0 Å². The van der Waals surface area contributed by atoms with Gasteiger partial charge in [-0.15, -0.1) is 0 Å². The summed E-state index contributed by atoms with van der Waals surface area (Å²) in [6.07, 6.45) is 0. The van der Waals surface area contributed by atoms with E-state index in [9.17, 15) is 4.79 Å². The first-order chi connectivity index (χ1) is 10.0. The van der Waals surface area contributed by atoms with Crippen molar-refractivity contribution in [1.82, 2.24) is 4.90 Å². The number of nitrogen functional groups attached to an aromatic ring is 1. The Hall–Kier alpha value is -2.04. The number of carbonyl (C=O) groups is 1. The molecular formula is C16H18ClN3O. The van der Waals surface area contributed by atoms with E-state index in [2.05, 4.69) is 5.32 Å². The highest BCUT2D eigenvalue weighted by atomic mass is 35.5. The minimum atomic E-state index is -0.0590. The maximum absolute atomic E-state index is 11.9. The van der Waals surface area contributed by atoms with Gasteiger partial charge in [0.25, 0.3) is 0 Å². The summed E-state index contributed by atoms with van der Waals surface area (Å²) in [7, 11) is 1.90. The fourth-order valence-electron chi connectivity index (χ4n) is 1.97. The number of nitrogens with one attached hydrogen (secondary N) is 1. The molecule has 0 aliphatic heterocycles. The molecule has 0 radical (unpaired) electrons. The molecule has 21 heavy (non-hydrogen) atoms. The molecule has 0 heterocycles. The molecular weight excluding hydrogens is 286 g/mol. The fourth-order valence-corrected chi connectivity index (χ4v) is 2.10. The summed E-state index contributed by atoms with van der Waals surface area (Å²) in [5, 5.41) is 3.55. The Balaban J connectivity index is 1.84. The molecule has 5 heteroatoms. The van der Waals surface area contributed by atoms with Gasteiger partial charge in [0.05, 0.1) is 6.54 Å². The van der Waals surface area contributed by atoms with Crippen molar-refractivity contribution in [1.29, 1.82) is 0 Å². The third kappa shape index (κ3) is 5.10. The van der Waals surface area contributed by atoms with E-state index < -0.39 is 0 Å². The molecule has 0 fully saturated rings. The number of halogens is 1. The third-order valence-corrected chi connectivity index (χ3v) is 3.23. The number of anilines is 2. The first-order valence-electron chi connectivity index (χ1n) is 6.61. The van der Waals surface area contributed by atoms with E-state index >= 15 is 0 Å². The quantitative estimate of drug-likeness (QED) is 0.835. The highest BCUT2D eigenvalue weighted by Gasteiger charge is 2.07. The van der Waals surface area contributed by atoms with Crippen molar-refractivity contribution in [2.24, 2.45) is 0 Å². The lowest BCUT2D eigenvalue weighted by Crippen LogP contribution is -2.29. The minimum Gasteiger partial charge on any atom is -0.399 e. The Bertz CT molecular complexity index is 596. The van der Waals surface area contributed by atoms with Crippen molar-refractivity contribution in [3.05, 3.63) is 59.1 Å². The van der Waals surface area contributed by atoms with Crippen molar-refractivity contribution in [2.75, 3.05) is 24.6 Å². The van der Waals surface area contributed by atoms with Crippen LogP contribution in [0.1, 0.15) is 5.56 Å². The summed E-state index contributed by atoms with van der Waals surface area (Å²) < 4.78 is 0. The second kappa shape index (κ2) is 7.11. The van der Waals surface area contributed by atoms with Gasteiger partial charge in [-0.2, -0.15) is 0 Å². The van der Waals surface area contributed by atoms with E-state index in [0.717, 1.165) is 11.3 Å². The Labute approximate surface area is 129 Å². The van der Waals surface area contributed by atoms with Crippen LogP contribution >= 0.6 is 11.6 Å². The predicted molar refractivity (Wildman–Crippen MR) is 87.3 cm³/mol. The topological polar surface area (TPSA) is 58.4 Å². The molecule has 0 bridgehead atoms. The molecule has 0 spiro atoms. The maximum atomic E-state index is 11.9. The molecule has 2 aromatic rings. The van der Waals surface area contributed by atoms with Crippen molar-refractivity contribution >= 4 is 28.9 Å². The second-order valence-electron chi connectivity index (χ2n) is 4.97. The van der Waals surface area contributed by atoms with E-state index in [1.807, 2.05) is 36.2 Å². The molecule has 2 rings (SSSR count). The van der Waals surface area contributed by atoms with Gasteiger partial charge < -0.3 is 11.1 Å². The van der Waals surface area contributed by atoms with E-state index in [0.29, 0.717) is 23.8 Å². The molecule has 0 aliphatic carbocycles. The number of hydrogen-bond donors (Lipinski definition) is 2. The largest absolute Gasteiger partial charge is 0.399 e. The summed E-state index contributed by atoms with van der Waals surface area (Å²) in [5.74, 6) is -0.0590. The first-order valence-corrected chi connectivity index (χ1v) is 6.99. The normalized spacial score (nSPS) is 10.6. The number of amides is 1. The van der Waals surface area contributed by atoms with E-state index in [-0.39, 0.29) is 5.91 Å². The molecule has 4 nitrogen and oxygen atoms in total. The predicted octanol–water partition coefficient (Wildman–Crippen LogP) is 2.99. The molecule has 110 valence electrons. The minimum absolute atomic E-state index is 0.0590. The first kappa shape index (κ1) is 15.4. The average molecular weight is 304 g/mol. The van der Waals surface area contributed by atoms with Crippen LogP contribution in [0, 0.1) is 0 Å². The van der Waals surface area contributed by atoms with E-state index in [1.54, 1.807) is 24.3 Å². The number of nitrogens with zero attached hydrogens (tertiary/aromatic N) is 1. The molecule has 3 N–H and O–H groups in total. The van der Waals surface area contributed by atoms with Crippen LogP contribution in [0.4, 0.5) is 11.4 Å². The Morgan fingerprint density at radius 3 is 2.38 bits per heavy atom. The second-order valence-corrected chi connectivity index (χ2v) is 5.41. The van der Waals surface area contributed by atoms with Gasteiger partial charge in [0.2, 0.25) is 5.91 Å². The Morgan fingerprint density at radius 2 is 1.76 bits per heavy atom. The summed E-state index contributed by atoms with van der Waals surface area (Å²) in [4.78, 5) is 13.9. The van der Waals surface area contributed by atoms with Crippen LogP contribution in [0.25, 0.3) is 0 Å². The zero-order valence-electron chi connectivity index (χ0n) is 11.8. The van der Waals surface area contributed by atoms with E-state index in [4.69, 9.17) is 17.3 Å². The number of nitrogens with two attached hydrogens (primary N) is 1. The summed E-state index contributed by atoms with van der Waals surface area (Å²) in [6.45, 7) is 0.999. The monoisotopic (exact) mass is 303 g/mol. The van der Waals surface area contributed by atoms with Gasteiger partial charge in [0.15, 0.2) is 0 Å². The molecule has 2 aromatic carbocycles. The van der Waals surface area contributed by atoms with Crippen LogP contribution in [0.3, 0.4) is 0 Å². The van der Waals surface area contributed by atoms with Gasteiger partial charge in [0, 0.05) is 22.9 Å². The molecule has 0 saturated heterocycles. The van der Waals surface area contributed by atoms with Gasteiger partial charge in [-0.1, -0.05) is 23.7 Å². The maximum Gasteiger partial charge on any atom is 0.238 e. The lowest BCUT2D eigenvalue weighted by Gasteiger charge is -2.16. The summed E-state index contributed by atoms with van der Waals surface area (Å²) in [6, 6.07) is 14.7. The van der Waals surface area contributed by atoms with Gasteiger partial charge >= 0.3 is 0 Å². The van der Waals surface area contributed by atoms with E-state index in [1.165, 1.54) is 0 Å². The van der Waals surface area contributed by atoms with Crippen molar-refractivity contribution in [2.45, 2.75) is 6.54 Å². The highest BCUT2D eigenvalue weighted by Crippen LogP contribution is 2.12. The summed E-state index contributed by atoms with van der Waals surface area (Å²) >= 11 is 5.85. The summed E-state index contributed by atoms with van der Waals surface area (Å²) in [5.41, 5.74) is 8.14. The molecule has 0 aromatic heterocycles. The smallest absolute Gasteiger partial charge is 0.238 e. The van der Waals surface area contributed by atoms with Gasteiger partial charge in [-0.3, -0.25) is 9.69 Å². The van der Waals surface area contributed by atoms with Gasteiger partial charge in [0.1, 0.15) is 0 Å². The van der Waals surface area contributed by atoms with Crippen molar-refractivity contribution in [3.63, 3.8) is 0 Å². The van der Waals surface area contributed by atoms with Crippen LogP contribution < -0.4 is 11.1 Å². The van der Waals surface area contributed by atoms with Crippen molar-refractivity contribution in [3.8, 4) is 0 Å². The van der Waals surface area contributed by atoms with Crippen LogP contribution in [-0.4, -0.2) is 24.4 Å². The number of benzene rings is 2. The van der Waals surface area contributed by atoms with Crippen LogP contribution in [0.2, 0.25) is 5.02 Å². The highest BCUT2D eigenvalue weighted by molar-refractivity contribution is 6.30. The lowest BCUT2D eigenvalue weighted by atomic mass is 10.2. The molecule has 0 atom stereocenters. The molecule has 0 aliphatic rings. The number of hydrogen-bond acceptors (Lipinski definition) is 3. The third-order valence-electron chi connectivity index (χ3n) is 2.97. The average Bonchev–Trinajstić information content (AvgIpc) is 2.44. The van der Waals surface area contributed by atoms with Crippen LogP contribution in [0.15, 0.2) is 48.5 Å². The van der Waals surface area contributed by atoms with Crippen LogP contribution in [-0.2, 0) is 11.3 Å². The van der Waals surface area contributed by atoms with Crippen molar-refractivity contribution < 1.29 is 4.79 Å². The van der Waals surface area contributed by atoms with Crippen LogP contribution in [0.5, 0.6) is 0 Å². The Morgan fingerprint density at radius 1 is 1.14 bits per heavy atom. The zero-order chi connectivity index (χ0) is 15.2. The molecule has 0 saturated carbocycles. The fraction of sp³-hybridized carbons (Fsp3) is 0.188. The number of rotatable bonds is 5. The lowest BCUT2D eigenvalue weighted by molar-refractivity contribution is -0.117. The molecule has 0 unspecified atom stereocenters. The zero-order valence-corrected chi connectivity index (χ0v) is 12.6.